The molecule has 0 rings (SSSR count). The van der Waals surface area contributed by atoms with E-state index in [1.807, 2.05) is 0 Å². The first-order valence-electron chi connectivity index (χ1n) is 10.5. The van der Waals surface area contributed by atoms with E-state index in [-0.39, 0.29) is 12.5 Å². The Morgan fingerprint density at radius 3 is 1.54 bits per heavy atom. The molecule has 0 aliphatic heterocycles. The molecule has 146 valence electrons. The highest BCUT2D eigenvalue weighted by molar-refractivity contribution is 4.54. The van der Waals surface area contributed by atoms with Crippen molar-refractivity contribution in [2.24, 2.45) is 5.92 Å². The van der Waals surface area contributed by atoms with E-state index in [1.54, 1.807) is 7.11 Å². The van der Waals surface area contributed by atoms with E-state index in [0.29, 0.717) is 13.2 Å². The summed E-state index contributed by atoms with van der Waals surface area (Å²) in [6, 6.07) is 0. The second kappa shape index (κ2) is 20.9. The van der Waals surface area contributed by atoms with Crippen LogP contribution in [0.2, 0.25) is 0 Å². The maximum atomic E-state index is 9.12. The lowest BCUT2D eigenvalue weighted by Gasteiger charge is -2.13. The van der Waals surface area contributed by atoms with Gasteiger partial charge in [0.05, 0.1) is 19.8 Å². The molecule has 0 aliphatic rings. The van der Waals surface area contributed by atoms with E-state index in [1.165, 1.54) is 83.5 Å². The minimum Gasteiger partial charge on any atom is -0.396 e. The molecule has 0 unspecified atom stereocenters. The summed E-state index contributed by atoms with van der Waals surface area (Å²) in [6.07, 6.45) is 19.3. The van der Waals surface area contributed by atoms with Crippen LogP contribution in [0, 0.1) is 5.92 Å². The molecule has 0 aromatic rings. The van der Waals surface area contributed by atoms with Gasteiger partial charge >= 0.3 is 0 Å². The summed E-state index contributed by atoms with van der Waals surface area (Å²) < 4.78 is 10.6. The summed E-state index contributed by atoms with van der Waals surface area (Å²) in [5.74, 6) is 0.127. The van der Waals surface area contributed by atoms with Crippen molar-refractivity contribution in [1.82, 2.24) is 0 Å². The Hall–Kier alpha value is -0.120. The average molecular weight is 345 g/mol. The van der Waals surface area contributed by atoms with Crippen molar-refractivity contribution in [1.29, 1.82) is 0 Å². The van der Waals surface area contributed by atoms with Gasteiger partial charge in [0.2, 0.25) is 0 Å². The normalized spacial score (nSPS) is 12.6. The van der Waals surface area contributed by atoms with Gasteiger partial charge in [-0.25, -0.2) is 0 Å². The molecule has 3 nitrogen and oxygen atoms in total. The van der Waals surface area contributed by atoms with E-state index < -0.39 is 0 Å². The maximum Gasteiger partial charge on any atom is 0.0538 e. The van der Waals surface area contributed by atoms with Crippen molar-refractivity contribution in [3.8, 4) is 0 Å². The molecule has 3 heteroatoms. The van der Waals surface area contributed by atoms with E-state index in [4.69, 9.17) is 14.6 Å². The van der Waals surface area contributed by atoms with Crippen LogP contribution in [0.15, 0.2) is 0 Å². The van der Waals surface area contributed by atoms with Crippen LogP contribution in [0.1, 0.15) is 96.8 Å². The highest BCUT2D eigenvalue weighted by Crippen LogP contribution is 2.13. The van der Waals surface area contributed by atoms with Crippen LogP contribution in [0.3, 0.4) is 0 Å². The third-order valence-electron chi connectivity index (χ3n) is 4.66. The number of ether oxygens (including phenoxy) is 2. The quantitative estimate of drug-likeness (QED) is 0.286. The minimum atomic E-state index is 0.127. The Bertz CT molecular complexity index is 221. The van der Waals surface area contributed by atoms with Crippen molar-refractivity contribution >= 4 is 0 Å². The van der Waals surface area contributed by atoms with E-state index in [0.717, 1.165) is 13.0 Å². The van der Waals surface area contributed by atoms with Gasteiger partial charge in [-0.1, -0.05) is 90.4 Å². The Morgan fingerprint density at radius 2 is 1.12 bits per heavy atom. The molecule has 1 atom stereocenters. The van der Waals surface area contributed by atoms with Gasteiger partial charge in [0.15, 0.2) is 0 Å². The lowest BCUT2D eigenvalue weighted by atomic mass is 10.0. The van der Waals surface area contributed by atoms with Crippen molar-refractivity contribution in [3.63, 3.8) is 0 Å². The Labute approximate surface area is 151 Å². The number of aliphatic hydroxyl groups excluding tert-OH is 1. The second-order valence-corrected chi connectivity index (χ2v) is 7.18. The molecule has 0 bridgehead atoms. The molecule has 0 amide bonds. The number of methoxy groups -OCH3 is 1. The van der Waals surface area contributed by atoms with Gasteiger partial charge in [-0.3, -0.25) is 0 Å². The van der Waals surface area contributed by atoms with Gasteiger partial charge in [0.1, 0.15) is 0 Å². The summed E-state index contributed by atoms with van der Waals surface area (Å²) in [5.41, 5.74) is 0. The number of hydrogen-bond acceptors (Lipinski definition) is 3. The van der Waals surface area contributed by atoms with Crippen LogP contribution in [0.5, 0.6) is 0 Å². The van der Waals surface area contributed by atoms with Crippen LogP contribution in [0.4, 0.5) is 0 Å². The fourth-order valence-corrected chi connectivity index (χ4v) is 3.04. The third-order valence-corrected chi connectivity index (χ3v) is 4.66. The van der Waals surface area contributed by atoms with Crippen molar-refractivity contribution in [3.05, 3.63) is 0 Å². The third kappa shape index (κ3) is 18.2. The lowest BCUT2D eigenvalue weighted by molar-refractivity contribution is 0.0301. The molecule has 1 N–H and O–H groups in total. The highest BCUT2D eigenvalue weighted by Gasteiger charge is 2.06. The van der Waals surface area contributed by atoms with Crippen molar-refractivity contribution in [2.75, 3.05) is 33.5 Å². The Morgan fingerprint density at radius 1 is 0.667 bits per heavy atom. The average Bonchev–Trinajstić information content (AvgIpc) is 2.60. The molecule has 0 fully saturated rings. The van der Waals surface area contributed by atoms with Crippen LogP contribution >= 0.6 is 0 Å². The first-order chi connectivity index (χ1) is 11.8. The van der Waals surface area contributed by atoms with Crippen molar-refractivity contribution in [2.45, 2.75) is 96.8 Å². The molecule has 0 aliphatic carbocycles. The van der Waals surface area contributed by atoms with Crippen molar-refractivity contribution < 1.29 is 14.6 Å². The SMILES string of the molecule is CCCCCCCCCCCCCCCCOC[C@H](CO)COC. The Balaban J connectivity index is 3.07. The van der Waals surface area contributed by atoms with E-state index in [9.17, 15) is 0 Å². The number of rotatable bonds is 20. The molecule has 0 aromatic heterocycles. The van der Waals surface area contributed by atoms with Crippen LogP contribution in [0.25, 0.3) is 0 Å². The van der Waals surface area contributed by atoms with Crippen LogP contribution in [-0.4, -0.2) is 38.6 Å². The first kappa shape index (κ1) is 23.9. The van der Waals surface area contributed by atoms with Gasteiger partial charge in [-0.2, -0.15) is 0 Å². The van der Waals surface area contributed by atoms with E-state index >= 15 is 0 Å². The minimum absolute atomic E-state index is 0.127. The van der Waals surface area contributed by atoms with Gasteiger partial charge in [0.25, 0.3) is 0 Å². The highest BCUT2D eigenvalue weighted by atomic mass is 16.5. The maximum absolute atomic E-state index is 9.12. The summed E-state index contributed by atoms with van der Waals surface area (Å²) in [7, 11) is 1.66. The summed E-state index contributed by atoms with van der Waals surface area (Å²) in [6.45, 7) is 4.44. The van der Waals surface area contributed by atoms with Gasteiger partial charge in [-0.05, 0) is 6.42 Å². The monoisotopic (exact) mass is 344 g/mol. The zero-order valence-corrected chi connectivity index (χ0v) is 16.6. The smallest absolute Gasteiger partial charge is 0.0538 e. The fourth-order valence-electron chi connectivity index (χ4n) is 3.04. The first-order valence-corrected chi connectivity index (χ1v) is 10.5. The molecular formula is C21H44O3. The largest absolute Gasteiger partial charge is 0.396 e. The topological polar surface area (TPSA) is 38.7 Å². The van der Waals surface area contributed by atoms with Crippen LogP contribution in [-0.2, 0) is 9.47 Å². The number of unbranched alkanes of at least 4 members (excludes halogenated alkanes) is 13. The predicted octanol–water partition coefficient (Wildman–Crippen LogP) is 5.74. The summed E-state index contributed by atoms with van der Waals surface area (Å²) >= 11 is 0. The summed E-state index contributed by atoms with van der Waals surface area (Å²) in [5, 5.41) is 9.12. The van der Waals surface area contributed by atoms with Crippen LogP contribution < -0.4 is 0 Å². The van der Waals surface area contributed by atoms with Gasteiger partial charge < -0.3 is 14.6 Å². The standard InChI is InChI=1S/C21H44O3/c1-3-4-5-6-7-8-9-10-11-12-13-14-15-16-17-24-20-21(18-22)19-23-2/h21-22H,3-20H2,1-2H3/t21-/m1/s1. The lowest BCUT2D eigenvalue weighted by Crippen LogP contribution is -2.19. The number of hydrogen-bond donors (Lipinski definition) is 1. The predicted molar refractivity (Wildman–Crippen MR) is 104 cm³/mol. The second-order valence-electron chi connectivity index (χ2n) is 7.18. The van der Waals surface area contributed by atoms with Gasteiger partial charge in [-0.15, -0.1) is 0 Å². The zero-order valence-electron chi connectivity index (χ0n) is 16.6. The zero-order chi connectivity index (χ0) is 17.7. The fraction of sp³-hybridized carbons (Fsp3) is 1.00. The molecule has 24 heavy (non-hydrogen) atoms. The Kier molecular flexibility index (Phi) is 20.8. The molecule has 0 saturated carbocycles. The molecule has 0 spiro atoms. The van der Waals surface area contributed by atoms with Gasteiger partial charge in [0, 0.05) is 19.6 Å². The molecule has 0 saturated heterocycles. The summed E-state index contributed by atoms with van der Waals surface area (Å²) in [4.78, 5) is 0. The van der Waals surface area contributed by atoms with E-state index in [2.05, 4.69) is 6.92 Å². The molecule has 0 radical (unpaired) electrons. The number of aliphatic hydroxyl groups is 1. The molecular weight excluding hydrogens is 300 g/mol. The molecule has 0 heterocycles. The molecule has 0 aromatic carbocycles.